The minimum atomic E-state index is -0.496. The van der Waals surface area contributed by atoms with Crippen molar-refractivity contribution in [1.29, 1.82) is 0 Å². The van der Waals surface area contributed by atoms with E-state index in [2.05, 4.69) is 0 Å². The standard InChI is InChI=1S/C16H22O4/c1-4-18-16(17)15(12-8-9-12)20-14-7-5-6-13(10-14)19-11(2)3/h5-7,10-12,15H,4,8-9H2,1-3H3. The van der Waals surface area contributed by atoms with Crippen LogP contribution in [-0.4, -0.2) is 24.8 Å². The normalized spacial score (nSPS) is 15.8. The summed E-state index contributed by atoms with van der Waals surface area (Å²) in [6.07, 6.45) is 1.65. The van der Waals surface area contributed by atoms with Gasteiger partial charge in [0.25, 0.3) is 0 Å². The first-order valence-electron chi connectivity index (χ1n) is 7.20. The van der Waals surface area contributed by atoms with Crippen LogP contribution in [0.2, 0.25) is 0 Å². The van der Waals surface area contributed by atoms with Crippen LogP contribution in [0.4, 0.5) is 0 Å². The molecule has 1 unspecified atom stereocenters. The van der Waals surface area contributed by atoms with Crippen molar-refractivity contribution < 1.29 is 19.0 Å². The van der Waals surface area contributed by atoms with E-state index in [1.807, 2.05) is 38.1 Å². The number of carbonyl (C=O) groups excluding carboxylic acids is 1. The van der Waals surface area contributed by atoms with Crippen LogP contribution in [0, 0.1) is 5.92 Å². The molecule has 0 amide bonds. The Morgan fingerprint density at radius 1 is 1.25 bits per heavy atom. The minimum absolute atomic E-state index is 0.106. The first-order chi connectivity index (χ1) is 9.60. The molecule has 0 aliphatic heterocycles. The number of rotatable bonds is 7. The van der Waals surface area contributed by atoms with Crippen LogP contribution in [0.3, 0.4) is 0 Å². The summed E-state index contributed by atoms with van der Waals surface area (Å²) in [5.41, 5.74) is 0. The predicted octanol–water partition coefficient (Wildman–Crippen LogP) is 3.19. The van der Waals surface area contributed by atoms with Crippen molar-refractivity contribution in [2.24, 2.45) is 5.92 Å². The Labute approximate surface area is 120 Å². The number of esters is 1. The van der Waals surface area contributed by atoms with Crippen LogP contribution in [0.1, 0.15) is 33.6 Å². The molecular formula is C16H22O4. The zero-order valence-corrected chi connectivity index (χ0v) is 12.3. The molecule has 1 saturated carbocycles. The summed E-state index contributed by atoms with van der Waals surface area (Å²) in [4.78, 5) is 11.9. The van der Waals surface area contributed by atoms with E-state index >= 15 is 0 Å². The van der Waals surface area contributed by atoms with Crippen LogP contribution in [0.5, 0.6) is 11.5 Å². The Bertz CT molecular complexity index is 452. The third kappa shape index (κ3) is 4.15. The Morgan fingerprint density at radius 2 is 1.90 bits per heavy atom. The van der Waals surface area contributed by atoms with E-state index < -0.39 is 6.10 Å². The van der Waals surface area contributed by atoms with Crippen molar-refractivity contribution in [3.05, 3.63) is 24.3 Å². The first-order valence-corrected chi connectivity index (χ1v) is 7.20. The molecule has 110 valence electrons. The molecule has 0 spiro atoms. The summed E-state index contributed by atoms with van der Waals surface area (Å²) in [6, 6.07) is 7.39. The smallest absolute Gasteiger partial charge is 0.347 e. The molecule has 1 aliphatic rings. The Balaban J connectivity index is 2.04. The van der Waals surface area contributed by atoms with Gasteiger partial charge < -0.3 is 14.2 Å². The largest absolute Gasteiger partial charge is 0.491 e. The average Bonchev–Trinajstić information content (AvgIpc) is 3.20. The van der Waals surface area contributed by atoms with Gasteiger partial charge in [-0.2, -0.15) is 0 Å². The van der Waals surface area contributed by atoms with Crippen LogP contribution < -0.4 is 9.47 Å². The Kier molecular flexibility index (Phi) is 4.88. The van der Waals surface area contributed by atoms with E-state index in [9.17, 15) is 4.79 Å². The van der Waals surface area contributed by atoms with E-state index in [1.165, 1.54) is 0 Å². The Morgan fingerprint density at radius 3 is 2.45 bits per heavy atom. The molecule has 0 heterocycles. The fraction of sp³-hybridized carbons (Fsp3) is 0.562. The van der Waals surface area contributed by atoms with Crippen molar-refractivity contribution in [3.8, 4) is 11.5 Å². The number of hydrogen-bond acceptors (Lipinski definition) is 4. The van der Waals surface area contributed by atoms with Crippen LogP contribution in [-0.2, 0) is 9.53 Å². The van der Waals surface area contributed by atoms with Gasteiger partial charge in [0.05, 0.1) is 12.7 Å². The van der Waals surface area contributed by atoms with E-state index in [-0.39, 0.29) is 18.0 Å². The van der Waals surface area contributed by atoms with Crippen LogP contribution in [0.25, 0.3) is 0 Å². The summed E-state index contributed by atoms with van der Waals surface area (Å²) in [5.74, 6) is 1.40. The molecule has 20 heavy (non-hydrogen) atoms. The highest BCUT2D eigenvalue weighted by Gasteiger charge is 2.39. The molecule has 0 aromatic heterocycles. The Hall–Kier alpha value is -1.71. The molecule has 1 aliphatic carbocycles. The maximum absolute atomic E-state index is 11.9. The number of ether oxygens (including phenoxy) is 3. The summed E-state index contributed by atoms with van der Waals surface area (Å²) in [6.45, 7) is 6.12. The molecule has 1 fully saturated rings. The van der Waals surface area contributed by atoms with Crippen molar-refractivity contribution in [2.75, 3.05) is 6.61 Å². The summed E-state index contributed by atoms with van der Waals surface area (Å²) in [7, 11) is 0. The highest BCUT2D eigenvalue weighted by atomic mass is 16.6. The second-order valence-corrected chi connectivity index (χ2v) is 5.27. The lowest BCUT2D eigenvalue weighted by molar-refractivity contribution is -0.152. The fourth-order valence-electron chi connectivity index (χ4n) is 2.00. The second-order valence-electron chi connectivity index (χ2n) is 5.27. The average molecular weight is 278 g/mol. The zero-order valence-electron chi connectivity index (χ0n) is 12.3. The fourth-order valence-corrected chi connectivity index (χ4v) is 2.00. The summed E-state index contributed by atoms with van der Waals surface area (Å²) < 4.78 is 16.5. The van der Waals surface area contributed by atoms with Crippen molar-refractivity contribution in [3.63, 3.8) is 0 Å². The zero-order chi connectivity index (χ0) is 14.5. The molecular weight excluding hydrogens is 256 g/mol. The van der Waals surface area contributed by atoms with Gasteiger partial charge in [-0.3, -0.25) is 0 Å². The maximum atomic E-state index is 11.9. The van der Waals surface area contributed by atoms with Crippen LogP contribution >= 0.6 is 0 Å². The molecule has 4 nitrogen and oxygen atoms in total. The molecule has 0 saturated heterocycles. The van der Waals surface area contributed by atoms with Gasteiger partial charge in [0.15, 0.2) is 6.10 Å². The van der Waals surface area contributed by atoms with E-state index in [0.29, 0.717) is 12.4 Å². The molecule has 1 atom stereocenters. The van der Waals surface area contributed by atoms with Gasteiger partial charge in [0, 0.05) is 12.0 Å². The van der Waals surface area contributed by atoms with E-state index in [4.69, 9.17) is 14.2 Å². The van der Waals surface area contributed by atoms with Crippen molar-refractivity contribution in [2.45, 2.75) is 45.8 Å². The molecule has 2 rings (SSSR count). The lowest BCUT2D eigenvalue weighted by Crippen LogP contribution is -2.31. The monoisotopic (exact) mass is 278 g/mol. The molecule has 0 N–H and O–H groups in total. The highest BCUT2D eigenvalue weighted by Crippen LogP contribution is 2.36. The quantitative estimate of drug-likeness (QED) is 0.718. The third-order valence-electron chi connectivity index (χ3n) is 3.01. The van der Waals surface area contributed by atoms with Gasteiger partial charge in [-0.1, -0.05) is 6.07 Å². The lowest BCUT2D eigenvalue weighted by atomic mass is 10.2. The number of hydrogen-bond donors (Lipinski definition) is 0. The summed E-state index contributed by atoms with van der Waals surface area (Å²) >= 11 is 0. The topological polar surface area (TPSA) is 44.8 Å². The summed E-state index contributed by atoms with van der Waals surface area (Å²) in [5, 5.41) is 0. The number of benzene rings is 1. The van der Waals surface area contributed by atoms with Crippen molar-refractivity contribution in [1.82, 2.24) is 0 Å². The second kappa shape index (κ2) is 6.64. The minimum Gasteiger partial charge on any atom is -0.491 e. The number of carbonyl (C=O) groups is 1. The van der Waals surface area contributed by atoms with Gasteiger partial charge >= 0.3 is 5.97 Å². The first kappa shape index (κ1) is 14.7. The van der Waals surface area contributed by atoms with E-state index in [0.717, 1.165) is 18.6 Å². The van der Waals surface area contributed by atoms with Gasteiger partial charge in [-0.05, 0) is 45.7 Å². The van der Waals surface area contributed by atoms with Gasteiger partial charge in [0.2, 0.25) is 0 Å². The molecule has 0 bridgehead atoms. The highest BCUT2D eigenvalue weighted by molar-refractivity contribution is 5.76. The molecule has 1 aromatic carbocycles. The third-order valence-corrected chi connectivity index (χ3v) is 3.01. The molecule has 1 aromatic rings. The van der Waals surface area contributed by atoms with Gasteiger partial charge in [-0.25, -0.2) is 4.79 Å². The van der Waals surface area contributed by atoms with Gasteiger partial charge in [-0.15, -0.1) is 0 Å². The maximum Gasteiger partial charge on any atom is 0.347 e. The van der Waals surface area contributed by atoms with Gasteiger partial charge in [0.1, 0.15) is 11.5 Å². The van der Waals surface area contributed by atoms with E-state index in [1.54, 1.807) is 6.92 Å². The predicted molar refractivity (Wildman–Crippen MR) is 76.0 cm³/mol. The molecule has 4 heteroatoms. The van der Waals surface area contributed by atoms with Crippen molar-refractivity contribution >= 4 is 5.97 Å². The molecule has 0 radical (unpaired) electrons. The SMILES string of the molecule is CCOC(=O)C(Oc1cccc(OC(C)C)c1)C1CC1. The lowest BCUT2D eigenvalue weighted by Gasteiger charge is -2.18. The van der Waals surface area contributed by atoms with Crippen LogP contribution in [0.15, 0.2) is 24.3 Å².